The first-order valence-corrected chi connectivity index (χ1v) is 5.43. The molecule has 1 atom stereocenters. The Labute approximate surface area is 85.4 Å². The molecule has 0 bridgehead atoms. The third-order valence-electron chi connectivity index (χ3n) is 2.62. The van der Waals surface area contributed by atoms with Crippen molar-refractivity contribution in [1.29, 1.82) is 0 Å². The summed E-state index contributed by atoms with van der Waals surface area (Å²) in [7, 11) is 0. The number of carbonyl (C=O) groups excluding carboxylic acids is 1. The lowest BCUT2D eigenvalue weighted by Gasteiger charge is -2.23. The van der Waals surface area contributed by atoms with Gasteiger partial charge >= 0.3 is 6.09 Å². The molecule has 1 rings (SSSR count). The van der Waals surface area contributed by atoms with Crippen LogP contribution in [0.1, 0.15) is 32.6 Å². The molecule has 0 saturated carbocycles. The molecule has 14 heavy (non-hydrogen) atoms. The number of rotatable bonds is 4. The van der Waals surface area contributed by atoms with Crippen LogP contribution in [0.15, 0.2) is 0 Å². The Morgan fingerprint density at radius 1 is 1.64 bits per heavy atom. The molecule has 1 aliphatic rings. The normalized spacial score (nSPS) is 21.3. The zero-order chi connectivity index (χ0) is 10.4. The second-order valence-corrected chi connectivity index (χ2v) is 3.62. The van der Waals surface area contributed by atoms with Gasteiger partial charge in [0.25, 0.3) is 0 Å². The number of amides is 1. The highest BCUT2D eigenvalue weighted by molar-refractivity contribution is 5.68. The van der Waals surface area contributed by atoms with Gasteiger partial charge in [0.05, 0.1) is 6.61 Å². The van der Waals surface area contributed by atoms with Crippen LogP contribution in [0.2, 0.25) is 0 Å². The molecule has 0 aliphatic carbocycles. The number of carbonyl (C=O) groups is 1. The van der Waals surface area contributed by atoms with Gasteiger partial charge in [-0.2, -0.15) is 0 Å². The first-order valence-electron chi connectivity index (χ1n) is 5.43. The Balaban J connectivity index is 2.38. The monoisotopic (exact) mass is 200 g/mol. The summed E-state index contributed by atoms with van der Waals surface area (Å²) in [5, 5.41) is 0. The van der Waals surface area contributed by atoms with Gasteiger partial charge in [-0.15, -0.1) is 0 Å². The summed E-state index contributed by atoms with van der Waals surface area (Å²) in [5.74, 6) is 0. The Hall–Kier alpha value is -0.770. The molecule has 1 unspecified atom stereocenters. The van der Waals surface area contributed by atoms with Gasteiger partial charge in [-0.25, -0.2) is 4.79 Å². The van der Waals surface area contributed by atoms with Crippen molar-refractivity contribution in [2.45, 2.75) is 38.6 Å². The molecule has 2 N–H and O–H groups in total. The second-order valence-electron chi connectivity index (χ2n) is 3.62. The molecule has 0 spiro atoms. The van der Waals surface area contributed by atoms with Crippen molar-refractivity contribution in [3.63, 3.8) is 0 Å². The summed E-state index contributed by atoms with van der Waals surface area (Å²) >= 11 is 0. The highest BCUT2D eigenvalue weighted by atomic mass is 16.6. The Bertz CT molecular complexity index is 185. The summed E-state index contributed by atoms with van der Waals surface area (Å²) in [6.07, 6.45) is 4.02. The highest BCUT2D eigenvalue weighted by Gasteiger charge is 2.28. The first kappa shape index (κ1) is 11.3. The number of likely N-dealkylation sites (tertiary alicyclic amines) is 1. The Morgan fingerprint density at radius 3 is 3.07 bits per heavy atom. The highest BCUT2D eigenvalue weighted by Crippen LogP contribution is 2.21. The van der Waals surface area contributed by atoms with Crippen LogP contribution in [0, 0.1) is 0 Å². The van der Waals surface area contributed by atoms with E-state index in [1.54, 1.807) is 0 Å². The minimum absolute atomic E-state index is 0.160. The van der Waals surface area contributed by atoms with E-state index in [0.717, 1.165) is 32.2 Å². The summed E-state index contributed by atoms with van der Waals surface area (Å²) in [4.78, 5) is 13.3. The maximum absolute atomic E-state index is 11.5. The molecule has 1 heterocycles. The van der Waals surface area contributed by atoms with E-state index in [0.29, 0.717) is 19.2 Å². The van der Waals surface area contributed by atoms with Gasteiger partial charge in [0.1, 0.15) is 0 Å². The van der Waals surface area contributed by atoms with Crippen molar-refractivity contribution < 1.29 is 9.53 Å². The van der Waals surface area contributed by atoms with E-state index in [-0.39, 0.29) is 6.09 Å². The van der Waals surface area contributed by atoms with Gasteiger partial charge < -0.3 is 15.4 Å². The SMILES string of the molecule is CCOC(=O)N1CCCC1CCCN. The standard InChI is InChI=1S/C10H20N2O2/c1-2-14-10(13)12-8-4-6-9(12)5-3-7-11/h9H,2-8,11H2,1H3. The lowest BCUT2D eigenvalue weighted by Crippen LogP contribution is -2.36. The van der Waals surface area contributed by atoms with E-state index in [4.69, 9.17) is 10.5 Å². The van der Waals surface area contributed by atoms with Crippen molar-refractivity contribution >= 4 is 6.09 Å². The van der Waals surface area contributed by atoms with Crippen LogP contribution >= 0.6 is 0 Å². The Kier molecular flexibility index (Phi) is 4.73. The number of hydrogen-bond acceptors (Lipinski definition) is 3. The van der Waals surface area contributed by atoms with Crippen molar-refractivity contribution in [1.82, 2.24) is 4.90 Å². The third kappa shape index (κ3) is 2.87. The van der Waals surface area contributed by atoms with Gasteiger partial charge in [-0.05, 0) is 39.2 Å². The summed E-state index contributed by atoms with van der Waals surface area (Å²) in [6.45, 7) is 3.84. The second kappa shape index (κ2) is 5.86. The molecule has 0 aromatic carbocycles. The topological polar surface area (TPSA) is 55.6 Å². The van der Waals surface area contributed by atoms with Crippen LogP contribution in [0.3, 0.4) is 0 Å². The Morgan fingerprint density at radius 2 is 2.43 bits per heavy atom. The van der Waals surface area contributed by atoms with E-state index in [9.17, 15) is 4.79 Å². The number of hydrogen-bond donors (Lipinski definition) is 1. The summed E-state index contributed by atoms with van der Waals surface area (Å²) in [6, 6.07) is 0.359. The molecule has 0 aromatic heterocycles. The molecule has 1 amide bonds. The summed E-state index contributed by atoms with van der Waals surface area (Å²) in [5.41, 5.74) is 5.45. The largest absolute Gasteiger partial charge is 0.450 e. The summed E-state index contributed by atoms with van der Waals surface area (Å²) < 4.78 is 4.99. The van der Waals surface area contributed by atoms with Crippen molar-refractivity contribution in [2.75, 3.05) is 19.7 Å². The van der Waals surface area contributed by atoms with Crippen LogP contribution in [-0.4, -0.2) is 36.7 Å². The fourth-order valence-electron chi connectivity index (χ4n) is 1.94. The van der Waals surface area contributed by atoms with Crippen LogP contribution in [0.5, 0.6) is 0 Å². The molecule has 4 heteroatoms. The molecule has 1 aliphatic heterocycles. The van der Waals surface area contributed by atoms with E-state index in [2.05, 4.69) is 0 Å². The van der Waals surface area contributed by atoms with E-state index >= 15 is 0 Å². The van der Waals surface area contributed by atoms with E-state index in [1.807, 2.05) is 11.8 Å². The lowest BCUT2D eigenvalue weighted by atomic mass is 10.1. The molecular weight excluding hydrogens is 180 g/mol. The van der Waals surface area contributed by atoms with E-state index < -0.39 is 0 Å². The molecule has 0 radical (unpaired) electrons. The van der Waals surface area contributed by atoms with Crippen molar-refractivity contribution in [3.8, 4) is 0 Å². The predicted octanol–water partition coefficient (Wildman–Crippen LogP) is 1.35. The smallest absolute Gasteiger partial charge is 0.409 e. The molecule has 1 fully saturated rings. The average Bonchev–Trinajstić information content (AvgIpc) is 2.63. The van der Waals surface area contributed by atoms with E-state index in [1.165, 1.54) is 0 Å². The van der Waals surface area contributed by atoms with Crippen LogP contribution in [-0.2, 0) is 4.74 Å². The fourth-order valence-corrected chi connectivity index (χ4v) is 1.94. The predicted molar refractivity (Wildman–Crippen MR) is 55.0 cm³/mol. The molecule has 0 aromatic rings. The maximum Gasteiger partial charge on any atom is 0.409 e. The molecule has 82 valence electrons. The van der Waals surface area contributed by atoms with Gasteiger partial charge in [0, 0.05) is 12.6 Å². The average molecular weight is 200 g/mol. The molecular formula is C10H20N2O2. The van der Waals surface area contributed by atoms with Gasteiger partial charge in [0.15, 0.2) is 0 Å². The minimum atomic E-state index is -0.160. The maximum atomic E-state index is 11.5. The van der Waals surface area contributed by atoms with Crippen LogP contribution in [0.25, 0.3) is 0 Å². The zero-order valence-electron chi connectivity index (χ0n) is 8.87. The molecule has 1 saturated heterocycles. The fraction of sp³-hybridized carbons (Fsp3) is 0.900. The van der Waals surface area contributed by atoms with Crippen molar-refractivity contribution in [3.05, 3.63) is 0 Å². The van der Waals surface area contributed by atoms with Gasteiger partial charge in [-0.3, -0.25) is 0 Å². The number of nitrogens with zero attached hydrogens (tertiary/aromatic N) is 1. The van der Waals surface area contributed by atoms with Crippen LogP contribution in [0.4, 0.5) is 4.79 Å². The minimum Gasteiger partial charge on any atom is -0.450 e. The quantitative estimate of drug-likeness (QED) is 0.745. The lowest BCUT2D eigenvalue weighted by molar-refractivity contribution is 0.101. The first-order chi connectivity index (χ1) is 6.79. The number of nitrogens with two attached hydrogens (primary N) is 1. The zero-order valence-corrected chi connectivity index (χ0v) is 8.87. The van der Waals surface area contributed by atoms with Gasteiger partial charge in [-0.1, -0.05) is 0 Å². The van der Waals surface area contributed by atoms with Crippen LogP contribution < -0.4 is 5.73 Å². The molecule has 4 nitrogen and oxygen atoms in total. The number of ether oxygens (including phenoxy) is 1. The van der Waals surface area contributed by atoms with Gasteiger partial charge in [0.2, 0.25) is 0 Å². The van der Waals surface area contributed by atoms with Crippen molar-refractivity contribution in [2.24, 2.45) is 5.73 Å². The third-order valence-corrected chi connectivity index (χ3v) is 2.62.